The largest absolute Gasteiger partial charge is 0.347 e. The van der Waals surface area contributed by atoms with Crippen molar-refractivity contribution in [1.29, 1.82) is 0 Å². The first-order valence-corrected chi connectivity index (χ1v) is 3.13. The molecule has 50 valence electrons. The van der Waals surface area contributed by atoms with E-state index >= 15 is 0 Å². The fourth-order valence-corrected chi connectivity index (χ4v) is 0.776. The first kappa shape index (κ1) is 6.62. The quantitative estimate of drug-likeness (QED) is 0.556. The minimum absolute atomic E-state index is 0.359. The Balaban J connectivity index is 2.24. The lowest BCUT2D eigenvalue weighted by Gasteiger charge is -2.10. The van der Waals surface area contributed by atoms with Crippen molar-refractivity contribution in [3.63, 3.8) is 0 Å². The Morgan fingerprint density at radius 1 is 1.89 bits per heavy atom. The van der Waals surface area contributed by atoms with Gasteiger partial charge in [-0.05, 0) is 12.8 Å². The summed E-state index contributed by atoms with van der Waals surface area (Å²) in [5.41, 5.74) is 1.14. The van der Waals surface area contributed by atoms with Gasteiger partial charge in [0.05, 0.1) is 6.42 Å². The van der Waals surface area contributed by atoms with E-state index in [9.17, 15) is 4.79 Å². The van der Waals surface area contributed by atoms with E-state index < -0.39 is 0 Å². The first-order chi connectivity index (χ1) is 4.33. The highest BCUT2D eigenvalue weighted by atomic mass is 35.5. The Kier molecular flexibility index (Phi) is 2.11. The smallest absolute Gasteiger partial charge is 0.328 e. The molecule has 0 bridgehead atoms. The summed E-state index contributed by atoms with van der Waals surface area (Å²) in [5, 5.41) is 0. The van der Waals surface area contributed by atoms with Gasteiger partial charge in [-0.1, -0.05) is 11.6 Å². The van der Waals surface area contributed by atoms with Crippen molar-refractivity contribution in [2.75, 3.05) is 0 Å². The van der Waals surface area contributed by atoms with Crippen LogP contribution in [0.2, 0.25) is 0 Å². The molecule has 0 spiro atoms. The maximum absolute atomic E-state index is 10.4. The molecule has 1 aliphatic carbocycles. The monoisotopic (exact) mass is 146 g/mol. The summed E-state index contributed by atoms with van der Waals surface area (Å²) in [6, 6.07) is 0. The van der Waals surface area contributed by atoms with Gasteiger partial charge >= 0.3 is 5.97 Å². The second-order valence-corrected chi connectivity index (χ2v) is 2.18. The molecule has 0 unspecified atom stereocenters. The zero-order valence-electron chi connectivity index (χ0n) is 4.89. The van der Waals surface area contributed by atoms with Gasteiger partial charge in [0.15, 0.2) is 0 Å². The third-order valence-electron chi connectivity index (χ3n) is 1.36. The second-order valence-electron chi connectivity index (χ2n) is 2.03. The molecule has 0 aliphatic heterocycles. The predicted molar refractivity (Wildman–Crippen MR) is 33.9 cm³/mol. The van der Waals surface area contributed by atoms with Gasteiger partial charge in [-0.3, -0.25) is 4.79 Å². The summed E-state index contributed by atoms with van der Waals surface area (Å²) in [5.74, 6) is -0.359. The molecule has 0 amide bonds. The Bertz CT molecular complexity index is 151. The van der Waals surface area contributed by atoms with Crippen LogP contribution in [0.5, 0.6) is 0 Å². The van der Waals surface area contributed by atoms with E-state index in [1.807, 2.05) is 6.08 Å². The van der Waals surface area contributed by atoms with Crippen LogP contribution in [0.1, 0.15) is 19.3 Å². The fraction of sp³-hybridized carbons (Fsp3) is 0.500. The van der Waals surface area contributed by atoms with E-state index in [-0.39, 0.29) is 5.97 Å². The molecule has 1 aliphatic rings. The average molecular weight is 147 g/mol. The van der Waals surface area contributed by atoms with E-state index in [2.05, 4.69) is 4.29 Å². The number of carbonyl (C=O) groups excluding carboxylic acids is 1. The molecule has 9 heavy (non-hydrogen) atoms. The molecule has 2 nitrogen and oxygen atoms in total. The van der Waals surface area contributed by atoms with Crippen LogP contribution in [-0.2, 0) is 9.08 Å². The van der Waals surface area contributed by atoms with E-state index in [1.54, 1.807) is 0 Å². The lowest BCUT2D eigenvalue weighted by molar-refractivity contribution is -0.133. The van der Waals surface area contributed by atoms with Crippen LogP contribution in [-0.4, -0.2) is 5.97 Å². The van der Waals surface area contributed by atoms with Gasteiger partial charge in [-0.15, -0.1) is 0 Å². The topological polar surface area (TPSA) is 26.3 Å². The molecular formula is C6H7ClO2. The van der Waals surface area contributed by atoms with Gasteiger partial charge in [0.2, 0.25) is 0 Å². The van der Waals surface area contributed by atoms with Crippen LogP contribution < -0.4 is 0 Å². The Hall–Kier alpha value is -0.500. The molecule has 0 fully saturated rings. The van der Waals surface area contributed by atoms with Gasteiger partial charge in [0.1, 0.15) is 11.9 Å². The number of hydrogen-bond donors (Lipinski definition) is 0. The molecule has 0 aromatic heterocycles. The lowest BCUT2D eigenvalue weighted by atomic mass is 9.96. The Morgan fingerprint density at radius 3 is 2.89 bits per heavy atom. The van der Waals surface area contributed by atoms with Gasteiger partial charge in [0, 0.05) is 0 Å². The molecule has 0 atom stereocenters. The van der Waals surface area contributed by atoms with Crippen molar-refractivity contribution in [2.24, 2.45) is 0 Å². The molecule has 0 N–H and O–H groups in total. The van der Waals surface area contributed by atoms with Crippen molar-refractivity contribution < 1.29 is 9.08 Å². The van der Waals surface area contributed by atoms with E-state index in [0.717, 1.165) is 18.4 Å². The van der Waals surface area contributed by atoms with Crippen molar-refractivity contribution in [2.45, 2.75) is 19.3 Å². The zero-order chi connectivity index (χ0) is 6.69. The van der Waals surface area contributed by atoms with Gasteiger partial charge in [-0.2, -0.15) is 0 Å². The Morgan fingerprint density at radius 2 is 2.56 bits per heavy atom. The molecule has 1 rings (SSSR count). The van der Waals surface area contributed by atoms with E-state index in [1.165, 1.54) is 0 Å². The lowest BCUT2D eigenvalue weighted by Crippen LogP contribution is -2.03. The van der Waals surface area contributed by atoms with Crippen LogP contribution in [0.4, 0.5) is 0 Å². The fourth-order valence-electron chi connectivity index (χ4n) is 0.722. The second kappa shape index (κ2) is 2.87. The van der Waals surface area contributed by atoms with Gasteiger partial charge in [-0.25, -0.2) is 0 Å². The summed E-state index contributed by atoms with van der Waals surface area (Å²) in [4.78, 5) is 10.4. The summed E-state index contributed by atoms with van der Waals surface area (Å²) in [6.07, 6.45) is 4.49. The normalized spacial score (nSPS) is 15.9. The number of rotatable bonds is 2. The minimum Gasteiger partial charge on any atom is -0.347 e. The first-order valence-electron chi connectivity index (χ1n) is 2.82. The highest BCUT2D eigenvalue weighted by Crippen LogP contribution is 2.21. The van der Waals surface area contributed by atoms with Gasteiger partial charge < -0.3 is 4.29 Å². The average Bonchev–Trinajstić information content (AvgIpc) is 1.78. The van der Waals surface area contributed by atoms with Crippen molar-refractivity contribution in [1.82, 2.24) is 0 Å². The van der Waals surface area contributed by atoms with Crippen LogP contribution in [0, 0.1) is 0 Å². The molecule has 0 heterocycles. The summed E-state index contributed by atoms with van der Waals surface area (Å²) < 4.78 is 3.95. The standard InChI is InChI=1S/C6H7ClO2/c7-9-6(8)4-5-2-1-3-5/h2H,1,3-4H2. The molecule has 0 radical (unpaired) electrons. The van der Waals surface area contributed by atoms with E-state index in [0.29, 0.717) is 6.42 Å². The van der Waals surface area contributed by atoms with Crippen LogP contribution in [0.25, 0.3) is 0 Å². The van der Waals surface area contributed by atoms with Crippen molar-refractivity contribution in [3.05, 3.63) is 11.6 Å². The van der Waals surface area contributed by atoms with Gasteiger partial charge in [0.25, 0.3) is 0 Å². The predicted octanol–water partition coefficient (Wildman–Crippen LogP) is 1.79. The minimum atomic E-state index is -0.359. The summed E-state index contributed by atoms with van der Waals surface area (Å²) >= 11 is 4.80. The molecule has 0 saturated carbocycles. The SMILES string of the molecule is O=C(CC1=CCC1)OCl. The van der Waals surface area contributed by atoms with Crippen LogP contribution in [0.15, 0.2) is 11.6 Å². The third-order valence-corrected chi connectivity index (χ3v) is 1.53. The van der Waals surface area contributed by atoms with Crippen LogP contribution >= 0.6 is 11.9 Å². The number of allylic oxidation sites excluding steroid dienone is 1. The molecule has 0 aromatic carbocycles. The zero-order valence-corrected chi connectivity index (χ0v) is 5.65. The number of halogens is 1. The molecule has 0 aromatic rings. The van der Waals surface area contributed by atoms with Crippen molar-refractivity contribution in [3.8, 4) is 0 Å². The molecule has 0 saturated heterocycles. The number of carbonyl (C=O) groups is 1. The maximum atomic E-state index is 10.4. The summed E-state index contributed by atoms with van der Waals surface area (Å²) in [7, 11) is 0. The summed E-state index contributed by atoms with van der Waals surface area (Å²) in [6.45, 7) is 0. The highest BCUT2D eigenvalue weighted by molar-refractivity contribution is 6.13. The molecule has 3 heteroatoms. The Labute approximate surface area is 58.6 Å². The maximum Gasteiger partial charge on any atom is 0.328 e. The third kappa shape index (κ3) is 1.72. The van der Waals surface area contributed by atoms with E-state index in [4.69, 9.17) is 11.9 Å². The molecular weight excluding hydrogens is 140 g/mol. The highest BCUT2D eigenvalue weighted by Gasteiger charge is 2.10. The number of hydrogen-bond acceptors (Lipinski definition) is 2. The van der Waals surface area contributed by atoms with Crippen LogP contribution in [0.3, 0.4) is 0 Å². The van der Waals surface area contributed by atoms with Crippen molar-refractivity contribution >= 4 is 17.8 Å².